The van der Waals surface area contributed by atoms with Gasteiger partial charge in [-0.3, -0.25) is 4.98 Å². The van der Waals surface area contributed by atoms with Gasteiger partial charge in [-0.2, -0.15) is 0 Å². The number of rotatable bonds is 3. The van der Waals surface area contributed by atoms with E-state index in [4.69, 9.17) is 4.74 Å². The summed E-state index contributed by atoms with van der Waals surface area (Å²) in [6, 6.07) is 7.66. The fourth-order valence-electron chi connectivity index (χ4n) is 1.63. The lowest BCUT2D eigenvalue weighted by atomic mass is 10.0. The van der Waals surface area contributed by atoms with Crippen molar-refractivity contribution in [1.29, 1.82) is 0 Å². The third-order valence-electron chi connectivity index (χ3n) is 2.42. The summed E-state index contributed by atoms with van der Waals surface area (Å²) in [5.41, 5.74) is 1.64. The van der Waals surface area contributed by atoms with Gasteiger partial charge in [-0.15, -0.1) is 0 Å². The number of pyridine rings is 1. The summed E-state index contributed by atoms with van der Waals surface area (Å²) in [7, 11) is 0. The van der Waals surface area contributed by atoms with Crippen LogP contribution in [0.1, 0.15) is 17.3 Å². The number of hydrogen-bond acceptors (Lipinski definition) is 3. The van der Waals surface area contributed by atoms with E-state index < -0.39 is 11.8 Å². The van der Waals surface area contributed by atoms with E-state index in [-0.39, 0.29) is 12.2 Å². The Labute approximate surface area is 104 Å². The van der Waals surface area contributed by atoms with Crippen molar-refractivity contribution in [2.24, 2.45) is 0 Å². The Bertz CT molecular complexity index is 555. The molecule has 0 bridgehead atoms. The number of ether oxygens (including phenoxy) is 1. The van der Waals surface area contributed by atoms with E-state index >= 15 is 0 Å². The van der Waals surface area contributed by atoms with E-state index in [1.165, 1.54) is 12.1 Å². The number of carbonyl (C=O) groups is 1. The first-order valence-electron chi connectivity index (χ1n) is 5.59. The van der Waals surface area contributed by atoms with Crippen molar-refractivity contribution in [2.75, 3.05) is 6.61 Å². The molecule has 0 saturated heterocycles. The number of carbonyl (C=O) groups excluding carboxylic acids is 1. The first kappa shape index (κ1) is 12.2. The smallest absolute Gasteiger partial charge is 0.338 e. The molecule has 0 N–H and O–H groups in total. The second-order valence-electron chi connectivity index (χ2n) is 3.68. The lowest BCUT2D eigenvalue weighted by Gasteiger charge is -2.06. The van der Waals surface area contributed by atoms with E-state index in [1.807, 2.05) is 0 Å². The molecule has 0 fully saturated rings. The molecule has 18 heavy (non-hydrogen) atoms. The Morgan fingerprint density at radius 3 is 2.61 bits per heavy atom. The fraction of sp³-hybridized carbons (Fsp3) is 0.143. The molecule has 1 aromatic carbocycles. The maximum absolute atomic E-state index is 13.5. The van der Waals surface area contributed by atoms with E-state index in [9.17, 15) is 9.18 Å². The molecule has 4 heteroatoms. The first-order valence-corrected chi connectivity index (χ1v) is 5.59. The van der Waals surface area contributed by atoms with Gasteiger partial charge in [-0.25, -0.2) is 9.18 Å². The third-order valence-corrected chi connectivity index (χ3v) is 2.42. The molecule has 0 radical (unpaired) electrons. The van der Waals surface area contributed by atoms with Crippen LogP contribution in [0.5, 0.6) is 0 Å². The zero-order chi connectivity index (χ0) is 13.0. The highest BCUT2D eigenvalue weighted by Crippen LogP contribution is 2.21. The van der Waals surface area contributed by atoms with Crippen LogP contribution in [0.3, 0.4) is 0 Å². The highest BCUT2D eigenvalue weighted by molar-refractivity contribution is 5.91. The van der Waals surface area contributed by atoms with Gasteiger partial charge in [0.1, 0.15) is 5.82 Å². The zero-order valence-corrected chi connectivity index (χ0v) is 9.89. The number of benzene rings is 1. The van der Waals surface area contributed by atoms with Crippen LogP contribution < -0.4 is 0 Å². The summed E-state index contributed by atoms with van der Waals surface area (Å²) in [5.74, 6) is -0.986. The van der Waals surface area contributed by atoms with Crippen LogP contribution in [0.15, 0.2) is 42.7 Å². The molecule has 2 rings (SSSR count). The average molecular weight is 245 g/mol. The molecule has 0 unspecified atom stereocenters. The van der Waals surface area contributed by atoms with Crippen LogP contribution in [-0.2, 0) is 4.74 Å². The maximum Gasteiger partial charge on any atom is 0.338 e. The van der Waals surface area contributed by atoms with Gasteiger partial charge in [-0.1, -0.05) is 0 Å². The highest BCUT2D eigenvalue weighted by Gasteiger charge is 2.10. The summed E-state index contributed by atoms with van der Waals surface area (Å²) in [4.78, 5) is 15.5. The molecular formula is C14H12FNO2. The Hall–Kier alpha value is -2.23. The molecule has 92 valence electrons. The minimum atomic E-state index is -0.521. The fourth-order valence-corrected chi connectivity index (χ4v) is 1.63. The van der Waals surface area contributed by atoms with E-state index in [0.29, 0.717) is 5.56 Å². The van der Waals surface area contributed by atoms with Gasteiger partial charge in [0, 0.05) is 12.4 Å². The minimum absolute atomic E-state index is 0.212. The standard InChI is InChI=1S/C14H12FNO2/c1-2-18-14(17)12-7-11(8-13(15)9-12)10-3-5-16-6-4-10/h3-9H,2H2,1H3. The van der Waals surface area contributed by atoms with Gasteiger partial charge in [0.2, 0.25) is 0 Å². The second kappa shape index (κ2) is 5.40. The van der Waals surface area contributed by atoms with Gasteiger partial charge in [0.25, 0.3) is 0 Å². The molecule has 0 aliphatic heterocycles. The molecule has 1 aromatic heterocycles. The Morgan fingerprint density at radius 2 is 1.94 bits per heavy atom. The molecule has 1 heterocycles. The van der Waals surface area contributed by atoms with Crippen molar-refractivity contribution in [3.05, 3.63) is 54.1 Å². The first-order chi connectivity index (χ1) is 8.70. The normalized spacial score (nSPS) is 10.1. The molecule has 2 aromatic rings. The van der Waals surface area contributed by atoms with Crippen molar-refractivity contribution in [3.63, 3.8) is 0 Å². The second-order valence-corrected chi connectivity index (χ2v) is 3.68. The molecule has 0 amide bonds. The van der Waals surface area contributed by atoms with Crippen LogP contribution in [0.25, 0.3) is 11.1 Å². The zero-order valence-electron chi connectivity index (χ0n) is 9.89. The highest BCUT2D eigenvalue weighted by atomic mass is 19.1. The summed E-state index contributed by atoms with van der Waals surface area (Å²) in [6.07, 6.45) is 3.23. The predicted octanol–water partition coefficient (Wildman–Crippen LogP) is 3.06. The number of nitrogens with zero attached hydrogens (tertiary/aromatic N) is 1. The summed E-state index contributed by atoms with van der Waals surface area (Å²) >= 11 is 0. The number of halogens is 1. The summed E-state index contributed by atoms with van der Waals surface area (Å²) < 4.78 is 18.3. The maximum atomic E-state index is 13.5. The molecule has 3 nitrogen and oxygen atoms in total. The lowest BCUT2D eigenvalue weighted by molar-refractivity contribution is 0.0526. The average Bonchev–Trinajstić information content (AvgIpc) is 2.39. The van der Waals surface area contributed by atoms with Gasteiger partial charge in [0.05, 0.1) is 12.2 Å². The van der Waals surface area contributed by atoms with Crippen LogP contribution in [0, 0.1) is 5.82 Å². The number of esters is 1. The van der Waals surface area contributed by atoms with E-state index in [2.05, 4.69) is 4.98 Å². The third kappa shape index (κ3) is 2.71. The molecule has 0 aliphatic carbocycles. The number of aromatic nitrogens is 1. The van der Waals surface area contributed by atoms with Gasteiger partial charge >= 0.3 is 5.97 Å². The summed E-state index contributed by atoms with van der Waals surface area (Å²) in [5, 5.41) is 0. The van der Waals surface area contributed by atoms with Crippen molar-refractivity contribution >= 4 is 5.97 Å². The van der Waals surface area contributed by atoms with E-state index in [0.717, 1.165) is 5.56 Å². The Balaban J connectivity index is 2.41. The monoisotopic (exact) mass is 245 g/mol. The van der Waals surface area contributed by atoms with Crippen LogP contribution in [0.2, 0.25) is 0 Å². The SMILES string of the molecule is CCOC(=O)c1cc(F)cc(-c2ccncc2)c1. The lowest BCUT2D eigenvalue weighted by Crippen LogP contribution is -2.05. The van der Waals surface area contributed by atoms with E-state index in [1.54, 1.807) is 37.5 Å². The molecular weight excluding hydrogens is 233 g/mol. The number of hydrogen-bond donors (Lipinski definition) is 0. The van der Waals surface area contributed by atoms with Gasteiger partial charge in [0.15, 0.2) is 0 Å². The summed E-state index contributed by atoms with van der Waals surface area (Å²) in [6.45, 7) is 1.97. The quantitative estimate of drug-likeness (QED) is 0.780. The largest absolute Gasteiger partial charge is 0.462 e. The molecule has 0 atom stereocenters. The molecule has 0 saturated carbocycles. The van der Waals surface area contributed by atoms with Crippen LogP contribution in [-0.4, -0.2) is 17.6 Å². The Morgan fingerprint density at radius 1 is 1.22 bits per heavy atom. The van der Waals surface area contributed by atoms with Crippen molar-refractivity contribution in [2.45, 2.75) is 6.92 Å². The minimum Gasteiger partial charge on any atom is -0.462 e. The molecule has 0 aliphatic rings. The van der Waals surface area contributed by atoms with Crippen molar-refractivity contribution < 1.29 is 13.9 Å². The molecule has 0 spiro atoms. The predicted molar refractivity (Wildman–Crippen MR) is 65.6 cm³/mol. The van der Waals surface area contributed by atoms with Crippen molar-refractivity contribution in [3.8, 4) is 11.1 Å². The van der Waals surface area contributed by atoms with Crippen molar-refractivity contribution in [1.82, 2.24) is 4.98 Å². The van der Waals surface area contributed by atoms with Gasteiger partial charge in [-0.05, 0) is 48.4 Å². The van der Waals surface area contributed by atoms with Crippen LogP contribution >= 0.6 is 0 Å². The van der Waals surface area contributed by atoms with Crippen LogP contribution in [0.4, 0.5) is 4.39 Å². The van der Waals surface area contributed by atoms with Gasteiger partial charge < -0.3 is 4.74 Å². The topological polar surface area (TPSA) is 39.2 Å². The Kier molecular flexibility index (Phi) is 3.67.